The Morgan fingerprint density at radius 3 is 2.41 bits per heavy atom. The lowest BCUT2D eigenvalue weighted by atomic mass is 9.95. The van der Waals surface area contributed by atoms with Crippen LogP contribution in [0, 0.1) is 0 Å². The van der Waals surface area contributed by atoms with Crippen molar-refractivity contribution in [3.63, 3.8) is 0 Å². The van der Waals surface area contributed by atoms with Gasteiger partial charge in [-0.25, -0.2) is 13.1 Å². The standard InChI is InChI=1S/C17H14F3NO3S3/c18-17(19,20)12-3-1-4-14(9-12)27(23,24)21-11-16(22,13-6-8-25-10-13)15-5-2-7-26-15/h1-10,21-22H,11H2. The van der Waals surface area contributed by atoms with Crippen LogP contribution in [-0.4, -0.2) is 20.1 Å². The van der Waals surface area contributed by atoms with Gasteiger partial charge in [-0.2, -0.15) is 24.5 Å². The Morgan fingerprint density at radius 2 is 1.81 bits per heavy atom. The van der Waals surface area contributed by atoms with Crippen molar-refractivity contribution in [2.24, 2.45) is 0 Å². The molecule has 1 unspecified atom stereocenters. The zero-order chi connectivity index (χ0) is 19.7. The number of sulfonamides is 1. The van der Waals surface area contributed by atoms with Gasteiger partial charge in [0.1, 0.15) is 5.60 Å². The Morgan fingerprint density at radius 1 is 1.04 bits per heavy atom. The minimum Gasteiger partial charge on any atom is -0.378 e. The number of aliphatic hydroxyl groups is 1. The van der Waals surface area contributed by atoms with Crippen molar-refractivity contribution >= 4 is 32.7 Å². The first-order chi connectivity index (χ1) is 12.6. The number of alkyl halides is 3. The molecule has 3 aromatic rings. The molecule has 3 rings (SSSR count). The summed E-state index contributed by atoms with van der Waals surface area (Å²) >= 11 is 2.59. The van der Waals surface area contributed by atoms with Crippen LogP contribution in [0.5, 0.6) is 0 Å². The second-order valence-corrected chi connectivity index (χ2v) is 9.19. The highest BCUT2D eigenvalue weighted by Gasteiger charge is 2.36. The highest BCUT2D eigenvalue weighted by molar-refractivity contribution is 7.89. The second kappa shape index (κ2) is 7.36. The van der Waals surface area contributed by atoms with Crippen molar-refractivity contribution in [3.8, 4) is 0 Å². The summed E-state index contributed by atoms with van der Waals surface area (Å²) in [5, 5.41) is 16.3. The molecule has 2 N–H and O–H groups in total. The summed E-state index contributed by atoms with van der Waals surface area (Å²) in [6.45, 7) is -0.414. The fourth-order valence-corrected chi connectivity index (χ4v) is 5.14. The van der Waals surface area contributed by atoms with E-state index in [1.54, 1.807) is 34.3 Å². The van der Waals surface area contributed by atoms with Gasteiger partial charge < -0.3 is 5.11 Å². The first-order valence-electron chi connectivity index (χ1n) is 7.59. The average Bonchev–Trinajstić information content (AvgIpc) is 3.33. The van der Waals surface area contributed by atoms with Crippen LogP contribution in [-0.2, 0) is 21.8 Å². The summed E-state index contributed by atoms with van der Waals surface area (Å²) < 4.78 is 65.8. The molecule has 1 atom stereocenters. The topological polar surface area (TPSA) is 66.4 Å². The van der Waals surface area contributed by atoms with Crippen molar-refractivity contribution in [2.45, 2.75) is 16.7 Å². The smallest absolute Gasteiger partial charge is 0.378 e. The summed E-state index contributed by atoms with van der Waals surface area (Å²) in [6.07, 6.45) is -4.65. The van der Waals surface area contributed by atoms with Gasteiger partial charge in [0.05, 0.1) is 10.5 Å². The largest absolute Gasteiger partial charge is 0.416 e. The van der Waals surface area contributed by atoms with Gasteiger partial charge in [0, 0.05) is 17.0 Å². The van der Waals surface area contributed by atoms with Crippen molar-refractivity contribution in [1.82, 2.24) is 4.72 Å². The lowest BCUT2D eigenvalue weighted by Crippen LogP contribution is -2.41. The third-order valence-electron chi connectivity index (χ3n) is 3.92. The molecule has 10 heteroatoms. The minimum absolute atomic E-state index is 0.414. The molecule has 0 fully saturated rings. The molecular formula is C17H14F3NO3S3. The molecule has 0 bridgehead atoms. The predicted octanol–water partition coefficient (Wildman–Crippen LogP) is 4.04. The van der Waals surface area contributed by atoms with Gasteiger partial charge in [-0.15, -0.1) is 11.3 Å². The van der Waals surface area contributed by atoms with Crippen LogP contribution < -0.4 is 4.72 Å². The van der Waals surface area contributed by atoms with Crippen LogP contribution in [0.4, 0.5) is 13.2 Å². The summed E-state index contributed by atoms with van der Waals surface area (Å²) in [7, 11) is -4.26. The number of rotatable bonds is 6. The number of hydrogen-bond donors (Lipinski definition) is 2. The van der Waals surface area contributed by atoms with Gasteiger partial charge in [0.15, 0.2) is 0 Å². The zero-order valence-corrected chi connectivity index (χ0v) is 16.1. The Labute approximate surface area is 162 Å². The van der Waals surface area contributed by atoms with Crippen LogP contribution in [0.15, 0.2) is 63.5 Å². The molecule has 144 valence electrons. The third kappa shape index (κ3) is 4.25. The SMILES string of the molecule is O=S(=O)(NCC(O)(c1ccsc1)c1cccs1)c1cccc(C(F)(F)F)c1. The normalized spacial score (nSPS) is 14.8. The zero-order valence-electron chi connectivity index (χ0n) is 13.6. The lowest BCUT2D eigenvalue weighted by molar-refractivity contribution is -0.137. The monoisotopic (exact) mass is 433 g/mol. The molecule has 4 nitrogen and oxygen atoms in total. The fourth-order valence-electron chi connectivity index (χ4n) is 2.47. The molecule has 0 aliphatic carbocycles. The van der Waals surface area contributed by atoms with E-state index in [2.05, 4.69) is 4.72 Å². The van der Waals surface area contributed by atoms with Crippen molar-refractivity contribution in [2.75, 3.05) is 6.54 Å². The van der Waals surface area contributed by atoms with Crippen molar-refractivity contribution in [3.05, 3.63) is 74.6 Å². The molecule has 0 spiro atoms. The number of halogens is 3. The third-order valence-corrected chi connectivity index (χ3v) is 7.02. The Kier molecular flexibility index (Phi) is 5.46. The van der Waals surface area contributed by atoms with E-state index in [0.717, 1.165) is 18.2 Å². The Balaban J connectivity index is 1.90. The molecule has 27 heavy (non-hydrogen) atoms. The van der Waals surface area contributed by atoms with E-state index in [-0.39, 0.29) is 0 Å². The van der Waals surface area contributed by atoms with Crippen LogP contribution in [0.25, 0.3) is 0 Å². The summed E-state index contributed by atoms with van der Waals surface area (Å²) in [5.74, 6) is 0. The van der Waals surface area contributed by atoms with Gasteiger partial charge >= 0.3 is 6.18 Å². The first-order valence-corrected chi connectivity index (χ1v) is 10.9. The highest BCUT2D eigenvalue weighted by Crippen LogP contribution is 2.34. The molecule has 0 radical (unpaired) electrons. The molecule has 2 heterocycles. The van der Waals surface area contributed by atoms with Crippen molar-refractivity contribution in [1.29, 1.82) is 0 Å². The van der Waals surface area contributed by atoms with Crippen LogP contribution >= 0.6 is 22.7 Å². The first kappa shape index (κ1) is 20.0. The minimum atomic E-state index is -4.65. The second-order valence-electron chi connectivity index (χ2n) is 5.70. The quantitative estimate of drug-likeness (QED) is 0.617. The number of benzene rings is 1. The maximum absolute atomic E-state index is 12.9. The summed E-state index contributed by atoms with van der Waals surface area (Å²) in [4.78, 5) is 0.00353. The summed E-state index contributed by atoms with van der Waals surface area (Å²) in [6, 6.07) is 8.53. The van der Waals surface area contributed by atoms with Gasteiger partial charge in [0.25, 0.3) is 0 Å². The summed E-state index contributed by atoms with van der Waals surface area (Å²) in [5.41, 5.74) is -2.18. The van der Waals surface area contributed by atoms with Gasteiger partial charge in [-0.3, -0.25) is 0 Å². The lowest BCUT2D eigenvalue weighted by Gasteiger charge is -2.27. The van der Waals surface area contributed by atoms with E-state index in [1.807, 2.05) is 0 Å². The molecular weight excluding hydrogens is 419 g/mol. The van der Waals surface area contributed by atoms with E-state index in [1.165, 1.54) is 22.7 Å². The van der Waals surface area contributed by atoms with E-state index in [0.29, 0.717) is 16.5 Å². The number of hydrogen-bond acceptors (Lipinski definition) is 5. The van der Waals surface area contributed by atoms with E-state index >= 15 is 0 Å². The fraction of sp³-hybridized carbons (Fsp3) is 0.176. The molecule has 0 aliphatic rings. The Bertz CT molecular complexity index is 963. The highest BCUT2D eigenvalue weighted by atomic mass is 32.2. The molecule has 0 saturated carbocycles. The number of nitrogens with one attached hydrogen (secondary N) is 1. The van der Waals surface area contributed by atoms with E-state index < -0.39 is 38.8 Å². The van der Waals surface area contributed by atoms with Crippen LogP contribution in [0.3, 0.4) is 0 Å². The average molecular weight is 433 g/mol. The maximum Gasteiger partial charge on any atom is 0.416 e. The molecule has 0 amide bonds. The molecule has 0 saturated heterocycles. The van der Waals surface area contributed by atoms with Gasteiger partial charge in [0.2, 0.25) is 10.0 Å². The van der Waals surface area contributed by atoms with Crippen molar-refractivity contribution < 1.29 is 26.7 Å². The van der Waals surface area contributed by atoms with E-state index in [9.17, 15) is 26.7 Å². The van der Waals surface area contributed by atoms with E-state index in [4.69, 9.17) is 0 Å². The predicted molar refractivity (Wildman–Crippen MR) is 98.3 cm³/mol. The maximum atomic E-state index is 12.9. The molecule has 1 aromatic carbocycles. The Hall–Kier alpha value is -1.72. The van der Waals surface area contributed by atoms with Gasteiger partial charge in [-0.05, 0) is 46.5 Å². The van der Waals surface area contributed by atoms with Crippen LogP contribution in [0.2, 0.25) is 0 Å². The van der Waals surface area contributed by atoms with Crippen LogP contribution in [0.1, 0.15) is 16.0 Å². The molecule has 0 aliphatic heterocycles. The molecule has 2 aromatic heterocycles. The van der Waals surface area contributed by atoms with Gasteiger partial charge in [-0.1, -0.05) is 12.1 Å². The number of thiophene rings is 2.